The number of piperidine rings is 1. The Morgan fingerprint density at radius 2 is 1.89 bits per heavy atom. The summed E-state index contributed by atoms with van der Waals surface area (Å²) < 4.78 is 5.40. The number of ether oxygens (including phenoxy) is 1. The van der Waals surface area contributed by atoms with Crippen LogP contribution in [0.15, 0.2) is 0 Å². The van der Waals surface area contributed by atoms with Crippen LogP contribution >= 0.6 is 0 Å². The molecule has 0 aromatic rings. The minimum Gasteiger partial charge on any atom is -0.444 e. The second kappa shape index (κ2) is 5.51. The molecule has 0 aromatic carbocycles. The highest BCUT2D eigenvalue weighted by Crippen LogP contribution is 2.34. The number of ketones is 1. The SMILES string of the molecule is CC(C)(C)OC(=O)N1CCC(=O)[C@@H](C2CCCC2)C1. The molecule has 1 amide bonds. The van der Waals surface area contributed by atoms with Crippen molar-refractivity contribution in [1.29, 1.82) is 0 Å². The zero-order chi connectivity index (χ0) is 14.0. The highest BCUT2D eigenvalue weighted by atomic mass is 16.6. The molecule has 2 fully saturated rings. The van der Waals surface area contributed by atoms with Crippen molar-refractivity contribution in [2.45, 2.75) is 58.5 Å². The number of hydrogen-bond acceptors (Lipinski definition) is 3. The number of likely N-dealkylation sites (tertiary alicyclic amines) is 1. The molecule has 0 unspecified atom stereocenters. The fraction of sp³-hybridized carbons (Fsp3) is 0.867. The molecule has 0 spiro atoms. The largest absolute Gasteiger partial charge is 0.444 e. The van der Waals surface area contributed by atoms with Crippen LogP contribution in [0.3, 0.4) is 0 Å². The third-order valence-corrected chi connectivity index (χ3v) is 4.08. The van der Waals surface area contributed by atoms with E-state index in [2.05, 4.69) is 0 Å². The third-order valence-electron chi connectivity index (χ3n) is 4.08. The van der Waals surface area contributed by atoms with E-state index in [-0.39, 0.29) is 12.0 Å². The van der Waals surface area contributed by atoms with Gasteiger partial charge in [-0.3, -0.25) is 4.79 Å². The lowest BCUT2D eigenvalue weighted by Gasteiger charge is -2.35. The van der Waals surface area contributed by atoms with Gasteiger partial charge in [-0.15, -0.1) is 0 Å². The van der Waals surface area contributed by atoms with Crippen LogP contribution in [-0.2, 0) is 9.53 Å². The fourth-order valence-corrected chi connectivity index (χ4v) is 3.13. The number of nitrogens with zero attached hydrogens (tertiary/aromatic N) is 1. The average molecular weight is 267 g/mol. The van der Waals surface area contributed by atoms with Crippen molar-refractivity contribution >= 4 is 11.9 Å². The number of Topliss-reactive ketones (excluding diaryl/α,β-unsaturated/α-hetero) is 1. The van der Waals surface area contributed by atoms with Gasteiger partial charge >= 0.3 is 6.09 Å². The van der Waals surface area contributed by atoms with E-state index < -0.39 is 5.60 Å². The summed E-state index contributed by atoms with van der Waals surface area (Å²) in [7, 11) is 0. The number of carbonyl (C=O) groups excluding carboxylic acids is 2. The van der Waals surface area contributed by atoms with Crippen molar-refractivity contribution < 1.29 is 14.3 Å². The summed E-state index contributed by atoms with van der Waals surface area (Å²) in [5.74, 6) is 0.869. The minimum atomic E-state index is -0.471. The van der Waals surface area contributed by atoms with Crippen molar-refractivity contribution in [3.05, 3.63) is 0 Å². The summed E-state index contributed by atoms with van der Waals surface area (Å²) in [6, 6.07) is 0. The maximum atomic E-state index is 12.1. The summed E-state index contributed by atoms with van der Waals surface area (Å²) >= 11 is 0. The van der Waals surface area contributed by atoms with E-state index in [1.54, 1.807) is 4.90 Å². The molecular formula is C15H25NO3. The fourth-order valence-electron chi connectivity index (χ4n) is 3.13. The second-order valence-electron chi connectivity index (χ2n) is 6.79. The smallest absolute Gasteiger partial charge is 0.410 e. The molecule has 1 aliphatic carbocycles. The van der Waals surface area contributed by atoms with Crippen molar-refractivity contribution in [3.8, 4) is 0 Å². The second-order valence-corrected chi connectivity index (χ2v) is 6.79. The van der Waals surface area contributed by atoms with Crippen LogP contribution in [0.4, 0.5) is 4.79 Å². The molecule has 1 saturated carbocycles. The van der Waals surface area contributed by atoms with E-state index in [9.17, 15) is 9.59 Å². The van der Waals surface area contributed by atoms with Crippen molar-refractivity contribution in [2.75, 3.05) is 13.1 Å². The molecule has 1 aliphatic heterocycles. The number of rotatable bonds is 1. The predicted octanol–water partition coefficient (Wildman–Crippen LogP) is 3.00. The Kier molecular flexibility index (Phi) is 4.16. The Balaban J connectivity index is 1.96. The van der Waals surface area contributed by atoms with Crippen molar-refractivity contribution in [3.63, 3.8) is 0 Å². The lowest BCUT2D eigenvalue weighted by Crippen LogP contribution is -2.47. The Labute approximate surface area is 115 Å². The molecule has 1 heterocycles. The first-order valence-electron chi connectivity index (χ1n) is 7.37. The quantitative estimate of drug-likeness (QED) is 0.733. The average Bonchev–Trinajstić information content (AvgIpc) is 2.80. The monoisotopic (exact) mass is 267 g/mol. The summed E-state index contributed by atoms with van der Waals surface area (Å²) in [4.78, 5) is 25.8. The predicted molar refractivity (Wildman–Crippen MR) is 72.9 cm³/mol. The van der Waals surface area contributed by atoms with Gasteiger partial charge in [0.05, 0.1) is 0 Å². The molecule has 2 aliphatic rings. The first-order chi connectivity index (χ1) is 8.87. The van der Waals surface area contributed by atoms with Gasteiger partial charge in [-0.05, 0) is 39.5 Å². The molecule has 0 bridgehead atoms. The van der Waals surface area contributed by atoms with Crippen LogP contribution in [0.2, 0.25) is 0 Å². The molecule has 0 N–H and O–H groups in total. The number of carbonyl (C=O) groups is 2. The molecule has 1 atom stereocenters. The molecule has 0 radical (unpaired) electrons. The van der Waals surface area contributed by atoms with E-state index in [0.717, 1.165) is 12.8 Å². The van der Waals surface area contributed by atoms with E-state index in [4.69, 9.17) is 4.74 Å². The lowest BCUT2D eigenvalue weighted by molar-refractivity contribution is -0.127. The normalized spacial score (nSPS) is 25.7. The molecule has 19 heavy (non-hydrogen) atoms. The van der Waals surface area contributed by atoms with Crippen LogP contribution < -0.4 is 0 Å². The molecule has 1 saturated heterocycles. The van der Waals surface area contributed by atoms with Crippen molar-refractivity contribution in [2.24, 2.45) is 11.8 Å². The van der Waals surface area contributed by atoms with E-state index >= 15 is 0 Å². The Hall–Kier alpha value is -1.06. The topological polar surface area (TPSA) is 46.6 Å². The van der Waals surface area contributed by atoms with Crippen LogP contribution in [0.1, 0.15) is 52.9 Å². The zero-order valence-electron chi connectivity index (χ0n) is 12.3. The van der Waals surface area contributed by atoms with Gasteiger partial charge in [0.2, 0.25) is 0 Å². The van der Waals surface area contributed by atoms with Gasteiger partial charge in [0, 0.05) is 25.4 Å². The first kappa shape index (κ1) is 14.4. The molecule has 4 heteroatoms. The standard InChI is InChI=1S/C15H25NO3/c1-15(2,3)19-14(18)16-9-8-13(17)12(10-16)11-6-4-5-7-11/h11-12H,4-10H2,1-3H3/t12-/m1/s1. The summed E-state index contributed by atoms with van der Waals surface area (Å²) in [5, 5.41) is 0. The van der Waals surface area contributed by atoms with E-state index in [1.165, 1.54) is 12.8 Å². The Morgan fingerprint density at radius 3 is 2.47 bits per heavy atom. The highest BCUT2D eigenvalue weighted by Gasteiger charge is 2.37. The molecule has 4 nitrogen and oxygen atoms in total. The van der Waals surface area contributed by atoms with Crippen LogP contribution in [0, 0.1) is 11.8 Å². The maximum Gasteiger partial charge on any atom is 0.410 e. The molecular weight excluding hydrogens is 242 g/mol. The number of amides is 1. The summed E-state index contributed by atoms with van der Waals surface area (Å²) in [6.07, 6.45) is 4.93. The lowest BCUT2D eigenvalue weighted by atomic mass is 9.83. The van der Waals surface area contributed by atoms with Gasteiger partial charge in [-0.25, -0.2) is 4.79 Å². The number of hydrogen-bond donors (Lipinski definition) is 0. The summed E-state index contributed by atoms with van der Waals surface area (Å²) in [5.41, 5.74) is -0.471. The van der Waals surface area contributed by atoms with Gasteiger partial charge in [0.25, 0.3) is 0 Å². The highest BCUT2D eigenvalue weighted by molar-refractivity contribution is 5.84. The molecule has 2 rings (SSSR count). The first-order valence-corrected chi connectivity index (χ1v) is 7.37. The van der Waals surface area contributed by atoms with E-state index in [0.29, 0.717) is 31.2 Å². The van der Waals surface area contributed by atoms with Crippen LogP contribution in [0.25, 0.3) is 0 Å². The van der Waals surface area contributed by atoms with Gasteiger partial charge in [-0.1, -0.05) is 12.8 Å². The van der Waals surface area contributed by atoms with Crippen LogP contribution in [0.5, 0.6) is 0 Å². The van der Waals surface area contributed by atoms with Crippen molar-refractivity contribution in [1.82, 2.24) is 4.90 Å². The van der Waals surface area contributed by atoms with Gasteiger partial charge in [0.15, 0.2) is 0 Å². The van der Waals surface area contributed by atoms with Gasteiger partial charge < -0.3 is 9.64 Å². The molecule has 108 valence electrons. The Morgan fingerprint density at radius 1 is 1.26 bits per heavy atom. The van der Waals surface area contributed by atoms with Gasteiger partial charge in [-0.2, -0.15) is 0 Å². The molecule has 0 aromatic heterocycles. The zero-order valence-corrected chi connectivity index (χ0v) is 12.3. The van der Waals surface area contributed by atoms with Gasteiger partial charge in [0.1, 0.15) is 11.4 Å². The van der Waals surface area contributed by atoms with Crippen LogP contribution in [-0.4, -0.2) is 35.5 Å². The Bertz CT molecular complexity index is 353. The van der Waals surface area contributed by atoms with E-state index in [1.807, 2.05) is 20.8 Å². The summed E-state index contributed by atoms with van der Waals surface area (Å²) in [6.45, 7) is 6.67. The maximum absolute atomic E-state index is 12.1. The third kappa shape index (κ3) is 3.71. The minimum absolute atomic E-state index is 0.0452.